The summed E-state index contributed by atoms with van der Waals surface area (Å²) in [5.41, 5.74) is 7.05. The monoisotopic (exact) mass is 369 g/mol. The van der Waals surface area contributed by atoms with Gasteiger partial charge in [0.2, 0.25) is 11.8 Å². The van der Waals surface area contributed by atoms with Crippen molar-refractivity contribution in [1.29, 1.82) is 0 Å². The van der Waals surface area contributed by atoms with Crippen molar-refractivity contribution in [2.75, 3.05) is 6.54 Å². The third-order valence-electron chi connectivity index (χ3n) is 4.12. The van der Waals surface area contributed by atoms with Crippen molar-refractivity contribution in [2.45, 2.75) is 39.3 Å². The van der Waals surface area contributed by atoms with Gasteiger partial charge in [-0.1, -0.05) is 12.1 Å². The van der Waals surface area contributed by atoms with Crippen LogP contribution >= 0.6 is 0 Å². The third kappa shape index (κ3) is 4.55. The van der Waals surface area contributed by atoms with Crippen molar-refractivity contribution in [3.63, 3.8) is 0 Å². The Morgan fingerprint density at radius 3 is 2.59 bits per heavy atom. The van der Waals surface area contributed by atoms with Crippen LogP contribution in [0.3, 0.4) is 0 Å². The molecular formula is C20H23N3O4. The summed E-state index contributed by atoms with van der Waals surface area (Å²) in [5, 5.41) is 0. The third-order valence-corrected chi connectivity index (χ3v) is 4.12. The number of nitrogens with two attached hydrogens (primary N) is 1. The highest BCUT2D eigenvalue weighted by Gasteiger charge is 2.27. The fourth-order valence-electron chi connectivity index (χ4n) is 2.83. The number of nitrogens with zero attached hydrogens (tertiary/aromatic N) is 2. The molecule has 3 rings (SSSR count). The number of fused-ring (bicyclic) bond motifs is 1. The molecule has 142 valence electrons. The van der Waals surface area contributed by atoms with Crippen molar-refractivity contribution in [2.24, 2.45) is 5.73 Å². The lowest BCUT2D eigenvalue weighted by atomic mass is 9.99. The SMILES string of the molecule is CC(C)(C)OC(=O)N1CCc2cccc(Oc3ccc(C(N)=O)cn3)c2C1. The Morgan fingerprint density at radius 2 is 1.96 bits per heavy atom. The van der Waals surface area contributed by atoms with E-state index < -0.39 is 11.5 Å². The van der Waals surface area contributed by atoms with Crippen molar-refractivity contribution in [3.8, 4) is 11.6 Å². The molecule has 1 aliphatic rings. The van der Waals surface area contributed by atoms with E-state index in [0.29, 0.717) is 30.3 Å². The van der Waals surface area contributed by atoms with Gasteiger partial charge in [-0.25, -0.2) is 9.78 Å². The molecule has 0 saturated heterocycles. The molecule has 1 aromatic heterocycles. The van der Waals surface area contributed by atoms with Crippen molar-refractivity contribution in [3.05, 3.63) is 53.2 Å². The summed E-state index contributed by atoms with van der Waals surface area (Å²) in [6.07, 6.45) is 1.76. The van der Waals surface area contributed by atoms with Crippen LogP contribution in [0, 0.1) is 0 Å². The number of benzene rings is 1. The molecule has 7 nitrogen and oxygen atoms in total. The molecule has 0 saturated carbocycles. The molecule has 0 atom stereocenters. The van der Waals surface area contributed by atoms with Crippen LogP contribution in [0.15, 0.2) is 36.5 Å². The molecule has 0 bridgehead atoms. The molecule has 1 aromatic carbocycles. The molecule has 2 heterocycles. The molecule has 2 amide bonds. The first-order valence-corrected chi connectivity index (χ1v) is 8.75. The van der Waals surface area contributed by atoms with E-state index in [1.54, 1.807) is 17.0 Å². The molecule has 1 aliphatic heterocycles. The van der Waals surface area contributed by atoms with E-state index in [2.05, 4.69) is 4.98 Å². The molecule has 2 aromatic rings. The minimum atomic E-state index is -0.542. The van der Waals surface area contributed by atoms with Gasteiger partial charge < -0.3 is 20.1 Å². The fraction of sp³-hybridized carbons (Fsp3) is 0.350. The maximum Gasteiger partial charge on any atom is 0.410 e. The van der Waals surface area contributed by atoms with Crippen LogP contribution in [0.25, 0.3) is 0 Å². The normalized spacial score (nSPS) is 13.7. The van der Waals surface area contributed by atoms with E-state index in [1.165, 1.54) is 6.20 Å². The van der Waals surface area contributed by atoms with Crippen LogP contribution < -0.4 is 10.5 Å². The smallest absolute Gasteiger partial charge is 0.410 e. The predicted octanol–water partition coefficient (Wildman–Crippen LogP) is 3.27. The number of rotatable bonds is 3. The van der Waals surface area contributed by atoms with Gasteiger partial charge in [0.05, 0.1) is 12.1 Å². The molecule has 0 fully saturated rings. The lowest BCUT2D eigenvalue weighted by Crippen LogP contribution is -2.40. The van der Waals surface area contributed by atoms with E-state index in [-0.39, 0.29) is 6.09 Å². The van der Waals surface area contributed by atoms with Crippen molar-refractivity contribution < 1.29 is 19.1 Å². The first kappa shape index (κ1) is 18.7. The van der Waals surface area contributed by atoms with Gasteiger partial charge in [0.15, 0.2) is 0 Å². The lowest BCUT2D eigenvalue weighted by molar-refractivity contribution is 0.0223. The Hall–Kier alpha value is -3.09. The van der Waals surface area contributed by atoms with E-state index in [9.17, 15) is 9.59 Å². The van der Waals surface area contributed by atoms with Gasteiger partial charge in [-0.3, -0.25) is 4.79 Å². The number of carbonyl (C=O) groups excluding carboxylic acids is 2. The standard InChI is InChI=1S/C20H23N3O4/c1-20(2,3)27-19(25)23-10-9-13-5-4-6-16(15(13)12-23)26-17-8-7-14(11-22-17)18(21)24/h4-8,11H,9-10,12H2,1-3H3,(H2,21,24). The molecule has 7 heteroatoms. The Balaban J connectivity index is 1.79. The predicted molar refractivity (Wildman–Crippen MR) is 99.6 cm³/mol. The molecular weight excluding hydrogens is 346 g/mol. The second-order valence-corrected chi connectivity index (χ2v) is 7.40. The highest BCUT2D eigenvalue weighted by molar-refractivity contribution is 5.92. The van der Waals surface area contributed by atoms with E-state index in [4.69, 9.17) is 15.2 Å². The van der Waals surface area contributed by atoms with Crippen LogP contribution in [0.2, 0.25) is 0 Å². The van der Waals surface area contributed by atoms with Gasteiger partial charge in [-0.2, -0.15) is 0 Å². The van der Waals surface area contributed by atoms with Gasteiger partial charge in [0.1, 0.15) is 11.4 Å². The van der Waals surface area contributed by atoms with E-state index in [1.807, 2.05) is 39.0 Å². The molecule has 27 heavy (non-hydrogen) atoms. The summed E-state index contributed by atoms with van der Waals surface area (Å²) in [7, 11) is 0. The topological polar surface area (TPSA) is 94.7 Å². The van der Waals surface area contributed by atoms with Crippen LogP contribution in [-0.2, 0) is 17.7 Å². The highest BCUT2D eigenvalue weighted by atomic mass is 16.6. The average Bonchev–Trinajstić information content (AvgIpc) is 2.60. The minimum absolute atomic E-state index is 0.313. The average molecular weight is 369 g/mol. The summed E-state index contributed by atoms with van der Waals surface area (Å²) in [6, 6.07) is 8.93. The first-order valence-electron chi connectivity index (χ1n) is 8.75. The first-order chi connectivity index (χ1) is 12.7. The molecule has 0 radical (unpaired) electrons. The molecule has 0 unspecified atom stereocenters. The van der Waals surface area contributed by atoms with Crippen LogP contribution in [0.4, 0.5) is 4.79 Å². The number of amides is 2. The number of ether oxygens (including phenoxy) is 2. The molecule has 2 N–H and O–H groups in total. The summed E-state index contributed by atoms with van der Waals surface area (Å²) >= 11 is 0. The maximum atomic E-state index is 12.4. The van der Waals surface area contributed by atoms with Crippen LogP contribution in [0.5, 0.6) is 11.6 Å². The Bertz CT molecular complexity index is 857. The van der Waals surface area contributed by atoms with Gasteiger partial charge in [-0.15, -0.1) is 0 Å². The Morgan fingerprint density at radius 1 is 1.19 bits per heavy atom. The quantitative estimate of drug-likeness (QED) is 0.896. The van der Waals surface area contributed by atoms with Crippen LogP contribution in [-0.4, -0.2) is 34.0 Å². The zero-order valence-corrected chi connectivity index (χ0v) is 15.7. The highest BCUT2D eigenvalue weighted by Crippen LogP contribution is 2.31. The molecule has 0 spiro atoms. The largest absolute Gasteiger partial charge is 0.444 e. The van der Waals surface area contributed by atoms with Crippen molar-refractivity contribution in [1.82, 2.24) is 9.88 Å². The zero-order valence-electron chi connectivity index (χ0n) is 15.7. The second kappa shape index (κ2) is 7.26. The number of aromatic nitrogens is 1. The molecule has 0 aliphatic carbocycles. The maximum absolute atomic E-state index is 12.4. The van der Waals surface area contributed by atoms with Gasteiger partial charge in [0, 0.05) is 24.4 Å². The van der Waals surface area contributed by atoms with Crippen LogP contribution in [0.1, 0.15) is 42.3 Å². The lowest BCUT2D eigenvalue weighted by Gasteiger charge is -2.31. The van der Waals surface area contributed by atoms with E-state index >= 15 is 0 Å². The summed E-state index contributed by atoms with van der Waals surface area (Å²) in [6.45, 7) is 6.53. The Kier molecular flexibility index (Phi) is 5.03. The zero-order chi connectivity index (χ0) is 19.6. The number of pyridine rings is 1. The van der Waals surface area contributed by atoms with Gasteiger partial charge in [0.25, 0.3) is 0 Å². The fourth-order valence-corrected chi connectivity index (χ4v) is 2.83. The number of carbonyl (C=O) groups is 2. The summed E-state index contributed by atoms with van der Waals surface area (Å²) in [4.78, 5) is 29.3. The Labute approximate surface area is 158 Å². The minimum Gasteiger partial charge on any atom is -0.444 e. The summed E-state index contributed by atoms with van der Waals surface area (Å²) in [5.74, 6) is 0.432. The number of hydrogen-bond acceptors (Lipinski definition) is 5. The number of hydrogen-bond donors (Lipinski definition) is 1. The van der Waals surface area contributed by atoms with E-state index in [0.717, 1.165) is 17.5 Å². The summed E-state index contributed by atoms with van der Waals surface area (Å²) < 4.78 is 11.4. The second-order valence-electron chi connectivity index (χ2n) is 7.40. The number of primary amides is 1. The van der Waals surface area contributed by atoms with Gasteiger partial charge in [-0.05, 0) is 44.9 Å². The van der Waals surface area contributed by atoms with Gasteiger partial charge >= 0.3 is 6.09 Å². The van der Waals surface area contributed by atoms with Crippen molar-refractivity contribution >= 4 is 12.0 Å².